The molecule has 3 rings (SSSR count). The Hall–Kier alpha value is -1.55. The molecule has 1 atom stereocenters. The Morgan fingerprint density at radius 3 is 2.88 bits per heavy atom. The van der Waals surface area contributed by atoms with Crippen molar-refractivity contribution in [2.75, 3.05) is 12.4 Å². The molecule has 4 heteroatoms. The number of rotatable bonds is 3. The van der Waals surface area contributed by atoms with Crippen LogP contribution in [-0.4, -0.2) is 19.1 Å². The number of anilines is 1. The monoisotopic (exact) mass is 232 g/mol. The van der Waals surface area contributed by atoms with Gasteiger partial charge < -0.3 is 10.1 Å². The minimum Gasteiger partial charge on any atom is -0.497 e. The van der Waals surface area contributed by atoms with E-state index >= 15 is 0 Å². The zero-order chi connectivity index (χ0) is 11.8. The van der Waals surface area contributed by atoms with Crippen LogP contribution in [0.25, 0.3) is 0 Å². The first-order chi connectivity index (χ1) is 8.28. The van der Waals surface area contributed by atoms with Crippen LogP contribution in [0.2, 0.25) is 0 Å². The molecular weight excluding hydrogens is 216 g/mol. The smallest absolute Gasteiger partial charge is 0.246 e. The molecule has 0 spiro atoms. The Labute approximate surface area is 100 Å². The second kappa shape index (κ2) is 4.04. The summed E-state index contributed by atoms with van der Waals surface area (Å²) in [5.41, 5.74) is 1.90. The highest BCUT2D eigenvalue weighted by atomic mass is 16.5. The van der Waals surface area contributed by atoms with Crippen molar-refractivity contribution in [3.8, 4) is 5.75 Å². The quantitative estimate of drug-likeness (QED) is 0.836. The lowest BCUT2D eigenvalue weighted by Gasteiger charge is -2.29. The third-order valence-electron chi connectivity index (χ3n) is 3.60. The highest BCUT2D eigenvalue weighted by Crippen LogP contribution is 2.35. The van der Waals surface area contributed by atoms with Gasteiger partial charge in [0.05, 0.1) is 7.11 Å². The van der Waals surface area contributed by atoms with E-state index in [-0.39, 0.29) is 11.9 Å². The number of ether oxygens (including phenoxy) is 1. The van der Waals surface area contributed by atoms with E-state index in [9.17, 15) is 4.79 Å². The van der Waals surface area contributed by atoms with Gasteiger partial charge in [-0.15, -0.1) is 0 Å². The summed E-state index contributed by atoms with van der Waals surface area (Å²) in [6, 6.07) is 6.03. The maximum absolute atomic E-state index is 11.9. The van der Waals surface area contributed by atoms with Gasteiger partial charge in [-0.25, -0.2) is 0 Å². The molecule has 1 heterocycles. The summed E-state index contributed by atoms with van der Waals surface area (Å²) in [5, 5.41) is 6.30. The minimum atomic E-state index is -0.193. The van der Waals surface area contributed by atoms with Gasteiger partial charge in [-0.1, -0.05) is 12.5 Å². The average molecular weight is 232 g/mol. The van der Waals surface area contributed by atoms with E-state index in [0.29, 0.717) is 6.04 Å². The summed E-state index contributed by atoms with van der Waals surface area (Å²) in [5.74, 6) is 0.813. The van der Waals surface area contributed by atoms with Crippen molar-refractivity contribution in [1.29, 1.82) is 0 Å². The zero-order valence-corrected chi connectivity index (χ0v) is 9.82. The van der Waals surface area contributed by atoms with Gasteiger partial charge in [0.2, 0.25) is 5.91 Å². The van der Waals surface area contributed by atoms with Crippen molar-refractivity contribution in [3.63, 3.8) is 0 Å². The summed E-state index contributed by atoms with van der Waals surface area (Å²) in [6.45, 7) is 0. The van der Waals surface area contributed by atoms with Gasteiger partial charge in [0.1, 0.15) is 11.8 Å². The van der Waals surface area contributed by atoms with Crippen LogP contribution in [0.3, 0.4) is 0 Å². The van der Waals surface area contributed by atoms with E-state index in [0.717, 1.165) is 17.0 Å². The Bertz CT molecular complexity index is 455. The van der Waals surface area contributed by atoms with E-state index < -0.39 is 0 Å². The zero-order valence-electron chi connectivity index (χ0n) is 9.82. The van der Waals surface area contributed by atoms with Gasteiger partial charge in [0.15, 0.2) is 0 Å². The predicted molar refractivity (Wildman–Crippen MR) is 65.1 cm³/mol. The van der Waals surface area contributed by atoms with Gasteiger partial charge in [0, 0.05) is 23.4 Å². The van der Waals surface area contributed by atoms with E-state index in [1.165, 1.54) is 19.3 Å². The molecule has 4 nitrogen and oxygen atoms in total. The first-order valence-electron chi connectivity index (χ1n) is 6.03. The summed E-state index contributed by atoms with van der Waals surface area (Å²) in [6.07, 6.45) is 3.62. The number of hydrogen-bond donors (Lipinski definition) is 2. The number of amides is 1. The van der Waals surface area contributed by atoms with Gasteiger partial charge >= 0.3 is 0 Å². The highest BCUT2D eigenvalue weighted by Gasteiger charge is 2.33. The van der Waals surface area contributed by atoms with Crippen LogP contribution in [0.5, 0.6) is 5.75 Å². The molecule has 0 saturated heterocycles. The topological polar surface area (TPSA) is 50.4 Å². The van der Waals surface area contributed by atoms with Crippen LogP contribution in [0.1, 0.15) is 30.9 Å². The molecule has 1 aromatic rings. The average Bonchev–Trinajstić information content (AvgIpc) is 2.58. The van der Waals surface area contributed by atoms with Gasteiger partial charge in [-0.3, -0.25) is 10.1 Å². The first kappa shape index (κ1) is 10.6. The number of benzene rings is 1. The maximum atomic E-state index is 11.9. The molecule has 1 saturated carbocycles. The number of methoxy groups -OCH3 is 1. The van der Waals surface area contributed by atoms with Crippen LogP contribution in [0.15, 0.2) is 18.2 Å². The van der Waals surface area contributed by atoms with Crippen LogP contribution >= 0.6 is 0 Å². The van der Waals surface area contributed by atoms with Crippen molar-refractivity contribution in [1.82, 2.24) is 5.32 Å². The van der Waals surface area contributed by atoms with E-state index in [1.807, 2.05) is 18.2 Å². The molecule has 2 aliphatic rings. The molecule has 0 aromatic heterocycles. The summed E-state index contributed by atoms with van der Waals surface area (Å²) >= 11 is 0. The second-order valence-electron chi connectivity index (χ2n) is 4.67. The molecule has 1 unspecified atom stereocenters. The van der Waals surface area contributed by atoms with Crippen LogP contribution < -0.4 is 15.4 Å². The third kappa shape index (κ3) is 1.78. The Morgan fingerprint density at radius 2 is 2.24 bits per heavy atom. The van der Waals surface area contributed by atoms with Crippen LogP contribution in [0, 0.1) is 0 Å². The van der Waals surface area contributed by atoms with Gasteiger partial charge in [-0.05, 0) is 18.9 Å². The molecule has 0 bridgehead atoms. The van der Waals surface area contributed by atoms with Crippen LogP contribution in [0.4, 0.5) is 5.69 Å². The largest absolute Gasteiger partial charge is 0.497 e. The van der Waals surface area contributed by atoms with E-state index in [1.54, 1.807) is 7.11 Å². The standard InChI is InChI=1S/C13H16N2O2/c1-17-9-5-6-10-11(7-9)15-13(16)12(10)14-8-3-2-4-8/h5-8,12,14H,2-4H2,1H3,(H,15,16). The molecule has 17 heavy (non-hydrogen) atoms. The molecule has 0 radical (unpaired) electrons. The third-order valence-corrected chi connectivity index (χ3v) is 3.60. The lowest BCUT2D eigenvalue weighted by atomic mass is 9.91. The molecular formula is C13H16N2O2. The fraction of sp³-hybridized carbons (Fsp3) is 0.462. The molecule has 1 fully saturated rings. The number of carbonyl (C=O) groups excluding carboxylic acids is 1. The van der Waals surface area contributed by atoms with E-state index in [2.05, 4.69) is 10.6 Å². The lowest BCUT2D eigenvalue weighted by Crippen LogP contribution is -2.40. The Kier molecular flexibility index (Phi) is 2.52. The summed E-state index contributed by atoms with van der Waals surface area (Å²) < 4.78 is 5.15. The predicted octanol–water partition coefficient (Wildman–Crippen LogP) is 1.83. The SMILES string of the molecule is COc1ccc2c(c1)NC(=O)C2NC1CCC1. The fourth-order valence-electron chi connectivity index (χ4n) is 2.34. The molecule has 1 aliphatic heterocycles. The second-order valence-corrected chi connectivity index (χ2v) is 4.67. The minimum absolute atomic E-state index is 0.0418. The Balaban J connectivity index is 1.85. The number of fused-ring (bicyclic) bond motifs is 1. The van der Waals surface area contributed by atoms with Crippen molar-refractivity contribution in [3.05, 3.63) is 23.8 Å². The normalized spacial score (nSPS) is 22.9. The maximum Gasteiger partial charge on any atom is 0.246 e. The number of hydrogen-bond acceptors (Lipinski definition) is 3. The van der Waals surface area contributed by atoms with Crippen molar-refractivity contribution in [2.24, 2.45) is 0 Å². The van der Waals surface area contributed by atoms with Gasteiger partial charge in [0.25, 0.3) is 0 Å². The molecule has 90 valence electrons. The highest BCUT2D eigenvalue weighted by molar-refractivity contribution is 6.02. The van der Waals surface area contributed by atoms with Crippen LogP contribution in [-0.2, 0) is 4.79 Å². The molecule has 1 amide bonds. The molecule has 2 N–H and O–H groups in total. The van der Waals surface area contributed by atoms with Crippen molar-refractivity contribution < 1.29 is 9.53 Å². The Morgan fingerprint density at radius 1 is 1.41 bits per heavy atom. The van der Waals surface area contributed by atoms with Gasteiger partial charge in [-0.2, -0.15) is 0 Å². The number of nitrogens with one attached hydrogen (secondary N) is 2. The van der Waals surface area contributed by atoms with Crippen molar-refractivity contribution >= 4 is 11.6 Å². The summed E-state index contributed by atoms with van der Waals surface area (Å²) in [4.78, 5) is 11.9. The lowest BCUT2D eigenvalue weighted by molar-refractivity contribution is -0.118. The fourth-order valence-corrected chi connectivity index (χ4v) is 2.34. The molecule has 1 aromatic carbocycles. The first-order valence-corrected chi connectivity index (χ1v) is 6.03. The summed E-state index contributed by atoms with van der Waals surface area (Å²) in [7, 11) is 1.63. The van der Waals surface area contributed by atoms with E-state index in [4.69, 9.17) is 4.74 Å². The van der Waals surface area contributed by atoms with Crippen molar-refractivity contribution in [2.45, 2.75) is 31.3 Å². The molecule has 1 aliphatic carbocycles. The number of carbonyl (C=O) groups is 1.